The summed E-state index contributed by atoms with van der Waals surface area (Å²) >= 11 is 0. The third-order valence-electron chi connectivity index (χ3n) is 2.31. The molecule has 1 atom stereocenters. The Morgan fingerprint density at radius 2 is 2.18 bits per heavy atom. The van der Waals surface area contributed by atoms with Crippen molar-refractivity contribution in [2.45, 2.75) is 45.8 Å². The first-order valence-corrected chi connectivity index (χ1v) is 6.12. The van der Waals surface area contributed by atoms with Crippen molar-refractivity contribution in [3.05, 3.63) is 18.3 Å². The smallest absolute Gasteiger partial charge is 0.168 e. The zero-order valence-corrected chi connectivity index (χ0v) is 10.8. The van der Waals surface area contributed by atoms with Crippen molar-refractivity contribution in [1.29, 1.82) is 0 Å². The van der Waals surface area contributed by atoms with Gasteiger partial charge in [0.1, 0.15) is 0 Å². The van der Waals surface area contributed by atoms with Crippen LogP contribution in [0, 0.1) is 0 Å². The molecule has 1 heterocycles. The summed E-state index contributed by atoms with van der Waals surface area (Å²) in [4.78, 5) is 4.28. The summed E-state index contributed by atoms with van der Waals surface area (Å²) in [6, 6.07) is 4.04. The summed E-state index contributed by atoms with van der Waals surface area (Å²) in [5.41, 5.74) is 0. The lowest BCUT2D eigenvalue weighted by atomic mass is 10.2. The molecule has 0 bridgehead atoms. The molecule has 96 valence electrons. The second-order valence-corrected chi connectivity index (χ2v) is 4.43. The topological polar surface area (TPSA) is 54.4 Å². The number of nitrogens with one attached hydrogen (secondary N) is 1. The fourth-order valence-electron chi connectivity index (χ4n) is 1.55. The number of nitrogens with zero attached hydrogens (tertiary/aromatic N) is 1. The van der Waals surface area contributed by atoms with Crippen LogP contribution in [0.25, 0.3) is 0 Å². The van der Waals surface area contributed by atoms with Gasteiger partial charge in [0.25, 0.3) is 0 Å². The van der Waals surface area contributed by atoms with Crippen LogP contribution >= 0.6 is 0 Å². The molecule has 0 aliphatic carbocycles. The van der Waals surface area contributed by atoms with Crippen LogP contribution in [0.5, 0.6) is 5.75 Å². The summed E-state index contributed by atoms with van der Waals surface area (Å²) in [6.07, 6.45) is 3.58. The molecule has 4 nitrogen and oxygen atoms in total. The molecule has 1 rings (SSSR count). The van der Waals surface area contributed by atoms with Gasteiger partial charge in [-0.3, -0.25) is 0 Å². The monoisotopic (exact) mass is 238 g/mol. The summed E-state index contributed by atoms with van der Waals surface area (Å²) < 4.78 is 5.68. The molecule has 4 heteroatoms. The van der Waals surface area contributed by atoms with Crippen molar-refractivity contribution in [1.82, 2.24) is 4.98 Å². The van der Waals surface area contributed by atoms with E-state index in [1.165, 1.54) is 0 Å². The van der Waals surface area contributed by atoms with E-state index in [0.717, 1.165) is 24.4 Å². The normalized spacial score (nSPS) is 12.5. The van der Waals surface area contributed by atoms with E-state index >= 15 is 0 Å². The van der Waals surface area contributed by atoms with Crippen LogP contribution in [0.4, 0.5) is 5.82 Å². The quantitative estimate of drug-likeness (QED) is 0.766. The first-order chi connectivity index (χ1) is 8.13. The minimum atomic E-state index is 0.132. The van der Waals surface area contributed by atoms with Gasteiger partial charge >= 0.3 is 0 Å². The number of rotatable bonds is 7. The molecule has 0 saturated carbocycles. The van der Waals surface area contributed by atoms with E-state index in [1.807, 2.05) is 26.0 Å². The Morgan fingerprint density at radius 3 is 2.82 bits per heavy atom. The zero-order valence-electron chi connectivity index (χ0n) is 10.8. The highest BCUT2D eigenvalue weighted by molar-refractivity contribution is 5.50. The van der Waals surface area contributed by atoms with Crippen molar-refractivity contribution in [3.8, 4) is 5.75 Å². The minimum absolute atomic E-state index is 0.132. The van der Waals surface area contributed by atoms with Crippen LogP contribution in [0.1, 0.15) is 33.6 Å². The van der Waals surface area contributed by atoms with Crippen molar-refractivity contribution in [3.63, 3.8) is 0 Å². The van der Waals surface area contributed by atoms with E-state index in [0.29, 0.717) is 0 Å². The molecule has 0 aromatic carbocycles. The fraction of sp³-hybridized carbons (Fsp3) is 0.615. The van der Waals surface area contributed by atoms with Gasteiger partial charge in [0, 0.05) is 18.8 Å². The molecule has 17 heavy (non-hydrogen) atoms. The maximum atomic E-state index is 8.79. The molecule has 2 N–H and O–H groups in total. The number of anilines is 1. The molecular formula is C13H22N2O2. The van der Waals surface area contributed by atoms with E-state index < -0.39 is 0 Å². The second kappa shape index (κ2) is 7.12. The van der Waals surface area contributed by atoms with Gasteiger partial charge < -0.3 is 15.2 Å². The third-order valence-corrected chi connectivity index (χ3v) is 2.31. The largest absolute Gasteiger partial charge is 0.487 e. The molecule has 1 unspecified atom stereocenters. The SMILES string of the molecule is CC(CCCO)Nc1ncccc1OC(C)C. The van der Waals surface area contributed by atoms with E-state index in [4.69, 9.17) is 9.84 Å². The number of ether oxygens (including phenoxy) is 1. The number of aliphatic hydroxyl groups is 1. The Balaban J connectivity index is 2.62. The van der Waals surface area contributed by atoms with Gasteiger partial charge in [-0.1, -0.05) is 0 Å². The number of aliphatic hydroxyl groups excluding tert-OH is 1. The lowest BCUT2D eigenvalue weighted by molar-refractivity contribution is 0.242. The van der Waals surface area contributed by atoms with Crippen LogP contribution < -0.4 is 10.1 Å². The van der Waals surface area contributed by atoms with Gasteiger partial charge in [-0.2, -0.15) is 0 Å². The van der Waals surface area contributed by atoms with Crippen molar-refractivity contribution >= 4 is 5.82 Å². The Kier molecular flexibility index (Phi) is 5.77. The van der Waals surface area contributed by atoms with E-state index in [-0.39, 0.29) is 18.8 Å². The maximum absolute atomic E-state index is 8.79. The van der Waals surface area contributed by atoms with Crippen molar-refractivity contribution < 1.29 is 9.84 Å². The van der Waals surface area contributed by atoms with E-state index in [2.05, 4.69) is 17.2 Å². The highest BCUT2D eigenvalue weighted by atomic mass is 16.5. The van der Waals surface area contributed by atoms with Crippen LogP contribution in [-0.2, 0) is 0 Å². The number of hydrogen-bond donors (Lipinski definition) is 2. The van der Waals surface area contributed by atoms with Gasteiger partial charge in [-0.05, 0) is 45.7 Å². The third kappa shape index (κ3) is 5.04. The predicted octanol–water partition coefficient (Wildman–Crippen LogP) is 2.44. The molecule has 1 aromatic rings. The molecule has 0 fully saturated rings. The van der Waals surface area contributed by atoms with Crippen LogP contribution in [0.2, 0.25) is 0 Å². The summed E-state index contributed by atoms with van der Waals surface area (Å²) in [6.45, 7) is 6.28. The Labute approximate surface area is 103 Å². The minimum Gasteiger partial charge on any atom is -0.487 e. The molecule has 0 spiro atoms. The first-order valence-electron chi connectivity index (χ1n) is 6.12. The predicted molar refractivity (Wildman–Crippen MR) is 69.4 cm³/mol. The van der Waals surface area contributed by atoms with Gasteiger partial charge in [0.05, 0.1) is 6.10 Å². The molecular weight excluding hydrogens is 216 g/mol. The zero-order chi connectivity index (χ0) is 12.7. The Morgan fingerprint density at radius 1 is 1.41 bits per heavy atom. The van der Waals surface area contributed by atoms with Crippen LogP contribution in [-0.4, -0.2) is 28.8 Å². The van der Waals surface area contributed by atoms with Gasteiger partial charge in [0.2, 0.25) is 0 Å². The van der Waals surface area contributed by atoms with Crippen molar-refractivity contribution in [2.24, 2.45) is 0 Å². The summed E-state index contributed by atoms with van der Waals surface area (Å²) in [5, 5.41) is 12.1. The van der Waals surface area contributed by atoms with Crippen LogP contribution in [0.3, 0.4) is 0 Å². The lowest BCUT2D eigenvalue weighted by Gasteiger charge is -2.18. The molecule has 0 aliphatic heterocycles. The Bertz CT molecular complexity index is 329. The molecule has 0 radical (unpaired) electrons. The van der Waals surface area contributed by atoms with Crippen LogP contribution in [0.15, 0.2) is 18.3 Å². The molecule has 1 aromatic heterocycles. The number of hydrogen-bond acceptors (Lipinski definition) is 4. The average molecular weight is 238 g/mol. The maximum Gasteiger partial charge on any atom is 0.168 e. The highest BCUT2D eigenvalue weighted by Crippen LogP contribution is 2.23. The fourth-order valence-corrected chi connectivity index (χ4v) is 1.55. The Hall–Kier alpha value is -1.29. The summed E-state index contributed by atoms with van der Waals surface area (Å²) in [7, 11) is 0. The van der Waals surface area contributed by atoms with Gasteiger partial charge in [-0.15, -0.1) is 0 Å². The van der Waals surface area contributed by atoms with Gasteiger partial charge in [-0.25, -0.2) is 4.98 Å². The molecule has 0 aliphatic rings. The second-order valence-electron chi connectivity index (χ2n) is 4.43. The van der Waals surface area contributed by atoms with E-state index in [9.17, 15) is 0 Å². The van der Waals surface area contributed by atoms with Crippen molar-refractivity contribution in [2.75, 3.05) is 11.9 Å². The van der Waals surface area contributed by atoms with E-state index in [1.54, 1.807) is 6.20 Å². The molecule has 0 saturated heterocycles. The average Bonchev–Trinajstić information content (AvgIpc) is 2.28. The summed E-state index contributed by atoms with van der Waals surface area (Å²) in [5.74, 6) is 1.55. The number of aromatic nitrogens is 1. The number of pyridine rings is 1. The lowest BCUT2D eigenvalue weighted by Crippen LogP contribution is -2.18. The molecule has 0 amide bonds. The standard InChI is InChI=1S/C13H22N2O2/c1-10(2)17-12-7-4-8-14-13(12)15-11(3)6-5-9-16/h4,7-8,10-11,16H,5-6,9H2,1-3H3,(H,14,15). The first kappa shape index (κ1) is 13.8. The van der Waals surface area contributed by atoms with Gasteiger partial charge in [0.15, 0.2) is 11.6 Å². The highest BCUT2D eigenvalue weighted by Gasteiger charge is 2.09.